The molecule has 0 saturated heterocycles. The van der Waals surface area contributed by atoms with Gasteiger partial charge in [-0.3, -0.25) is 4.79 Å². The smallest absolute Gasteiger partial charge is 0.370 e. The number of carbonyl (C=O) groups excluding carboxylic acids is 1. The highest BCUT2D eigenvalue weighted by Crippen LogP contribution is 2.35. The normalized spacial score (nSPS) is 17.4. The molecule has 0 spiro atoms. The maximum Gasteiger partial charge on any atom is 0.383 e. The Hall–Kier alpha value is -2.48. The number of hydrogen-bond acceptors (Lipinski definition) is 4. The molecule has 0 fully saturated rings. The monoisotopic (exact) mass is 457 g/mol. The molecule has 1 N–H and O–H groups in total. The number of fused-ring (bicyclic) bond motifs is 1. The van der Waals surface area contributed by atoms with Crippen LogP contribution in [0.2, 0.25) is 0 Å². The van der Waals surface area contributed by atoms with Gasteiger partial charge in [0.1, 0.15) is 5.75 Å². The minimum absolute atomic E-state index is 0.0952. The Balaban J connectivity index is 1.72. The van der Waals surface area contributed by atoms with Gasteiger partial charge in [-0.1, -0.05) is 76.6 Å². The van der Waals surface area contributed by atoms with Gasteiger partial charge < -0.3 is 4.18 Å². The first-order chi connectivity index (χ1) is 13.4. The van der Waals surface area contributed by atoms with E-state index in [-0.39, 0.29) is 11.5 Å². The quantitative estimate of drug-likeness (QED) is 0.596. The first kappa shape index (κ1) is 18.9. The van der Waals surface area contributed by atoms with Gasteiger partial charge in [-0.25, -0.2) is 0 Å². The first-order valence-corrected chi connectivity index (χ1v) is 10.8. The zero-order chi connectivity index (χ0) is 19.7. The largest absolute Gasteiger partial charge is 0.383 e. The van der Waals surface area contributed by atoms with Crippen LogP contribution in [-0.4, -0.2) is 14.2 Å². The highest BCUT2D eigenvalue weighted by Gasteiger charge is 2.31. The van der Waals surface area contributed by atoms with Crippen molar-refractivity contribution in [3.05, 3.63) is 99.5 Å². The average molecular weight is 458 g/mol. The number of carbonyl (C=O) groups is 1. The van der Waals surface area contributed by atoms with Crippen LogP contribution in [0.5, 0.6) is 5.75 Å². The van der Waals surface area contributed by atoms with E-state index in [1.165, 1.54) is 0 Å². The molecule has 1 aliphatic rings. The van der Waals surface area contributed by atoms with Crippen LogP contribution >= 0.6 is 15.9 Å². The van der Waals surface area contributed by atoms with Gasteiger partial charge >= 0.3 is 10.3 Å². The molecule has 3 aromatic rings. The van der Waals surface area contributed by atoms with E-state index in [4.69, 9.17) is 4.18 Å². The molecule has 1 heterocycles. The van der Waals surface area contributed by atoms with Gasteiger partial charge in [0.25, 0.3) is 0 Å². The van der Waals surface area contributed by atoms with Crippen LogP contribution in [0.1, 0.15) is 33.1 Å². The number of nitrogens with one attached hydrogen (secondary N) is 1. The van der Waals surface area contributed by atoms with Crippen molar-refractivity contribution in [3.8, 4) is 5.75 Å². The summed E-state index contributed by atoms with van der Waals surface area (Å²) in [7, 11) is -3.92. The third-order valence-corrected chi connectivity index (χ3v) is 6.02. The Bertz CT molecular complexity index is 1150. The van der Waals surface area contributed by atoms with Gasteiger partial charge in [-0.05, 0) is 24.1 Å². The molecule has 0 saturated carbocycles. The number of rotatable bonds is 4. The zero-order valence-electron chi connectivity index (χ0n) is 14.6. The summed E-state index contributed by atoms with van der Waals surface area (Å²) < 4.78 is 32.6. The van der Waals surface area contributed by atoms with E-state index in [2.05, 4.69) is 20.7 Å². The summed E-state index contributed by atoms with van der Waals surface area (Å²) in [5.74, 6) is 0.187. The summed E-state index contributed by atoms with van der Waals surface area (Å²) in [6, 6.07) is 21.0. The van der Waals surface area contributed by atoms with Crippen LogP contribution in [-0.2, 0) is 16.7 Å². The SMILES string of the molecule is O=C(c1ccccc1)c1ccccc1C[C@H]1NS(=O)(=O)Oc2cc(Br)ccc21. The minimum atomic E-state index is -3.92. The summed E-state index contributed by atoms with van der Waals surface area (Å²) in [6.07, 6.45) is 0.325. The highest BCUT2D eigenvalue weighted by molar-refractivity contribution is 9.10. The summed E-state index contributed by atoms with van der Waals surface area (Å²) in [5.41, 5.74) is 2.63. The Morgan fingerprint density at radius 3 is 2.50 bits per heavy atom. The molecular formula is C21H16BrNO4S. The van der Waals surface area contributed by atoms with Crippen molar-refractivity contribution in [2.45, 2.75) is 12.5 Å². The lowest BCUT2D eigenvalue weighted by atomic mass is 9.92. The summed E-state index contributed by atoms with van der Waals surface area (Å²) in [5, 5.41) is 0. The third-order valence-electron chi connectivity index (χ3n) is 4.56. The lowest BCUT2D eigenvalue weighted by Gasteiger charge is -2.27. The van der Waals surface area contributed by atoms with E-state index in [0.29, 0.717) is 17.5 Å². The van der Waals surface area contributed by atoms with Crippen molar-refractivity contribution in [1.29, 1.82) is 0 Å². The molecule has 0 bridgehead atoms. The molecule has 1 atom stereocenters. The molecule has 3 aromatic carbocycles. The van der Waals surface area contributed by atoms with E-state index in [1.807, 2.05) is 42.5 Å². The van der Waals surface area contributed by atoms with E-state index in [1.54, 1.807) is 30.3 Å². The van der Waals surface area contributed by atoms with Gasteiger partial charge in [0.15, 0.2) is 5.78 Å². The van der Waals surface area contributed by atoms with Crippen LogP contribution < -0.4 is 8.91 Å². The van der Waals surface area contributed by atoms with Gasteiger partial charge in [0.2, 0.25) is 0 Å². The molecular weight excluding hydrogens is 442 g/mol. The van der Waals surface area contributed by atoms with Crippen molar-refractivity contribution >= 4 is 32.0 Å². The number of hydrogen-bond donors (Lipinski definition) is 1. The zero-order valence-corrected chi connectivity index (χ0v) is 17.0. The van der Waals surface area contributed by atoms with Crippen LogP contribution in [0.15, 0.2) is 77.3 Å². The van der Waals surface area contributed by atoms with Crippen molar-refractivity contribution in [2.75, 3.05) is 0 Å². The van der Waals surface area contributed by atoms with Crippen molar-refractivity contribution in [2.24, 2.45) is 0 Å². The predicted molar refractivity (Wildman–Crippen MR) is 110 cm³/mol. The van der Waals surface area contributed by atoms with Crippen LogP contribution in [0, 0.1) is 0 Å². The molecule has 1 aliphatic heterocycles. The van der Waals surface area contributed by atoms with Crippen molar-refractivity contribution in [1.82, 2.24) is 4.72 Å². The molecule has 5 nitrogen and oxygen atoms in total. The Morgan fingerprint density at radius 1 is 1.00 bits per heavy atom. The predicted octanol–water partition coefficient (Wildman–Crippen LogP) is 4.19. The lowest BCUT2D eigenvalue weighted by molar-refractivity contribution is 0.103. The fourth-order valence-corrected chi connectivity index (χ4v) is 4.61. The van der Waals surface area contributed by atoms with E-state index in [9.17, 15) is 13.2 Å². The second kappa shape index (κ2) is 7.50. The van der Waals surface area contributed by atoms with Crippen molar-refractivity contribution in [3.63, 3.8) is 0 Å². The summed E-state index contributed by atoms with van der Waals surface area (Å²) in [6.45, 7) is 0. The molecule has 7 heteroatoms. The standard InChI is InChI=1S/C21H16BrNO4S/c22-16-10-11-18-19(23-28(25,26)27-20(18)13-16)12-15-8-4-5-9-17(15)21(24)14-6-2-1-3-7-14/h1-11,13,19,23H,12H2/t19-/m1/s1. The first-order valence-electron chi connectivity index (χ1n) is 8.62. The number of benzene rings is 3. The van der Waals surface area contributed by atoms with Crippen molar-refractivity contribution < 1.29 is 17.4 Å². The average Bonchev–Trinajstić information content (AvgIpc) is 2.67. The Kier molecular flexibility index (Phi) is 5.05. The van der Waals surface area contributed by atoms with E-state index >= 15 is 0 Å². The van der Waals surface area contributed by atoms with Crippen LogP contribution in [0.25, 0.3) is 0 Å². The Labute approximate surface area is 171 Å². The topological polar surface area (TPSA) is 72.5 Å². The maximum atomic E-state index is 13.0. The maximum absolute atomic E-state index is 13.0. The molecule has 0 unspecified atom stereocenters. The summed E-state index contributed by atoms with van der Waals surface area (Å²) >= 11 is 3.33. The molecule has 0 aromatic heterocycles. The fraction of sp³-hybridized carbons (Fsp3) is 0.0952. The minimum Gasteiger partial charge on any atom is -0.370 e. The third kappa shape index (κ3) is 3.87. The summed E-state index contributed by atoms with van der Waals surface area (Å²) in [4.78, 5) is 13.0. The number of halogens is 1. The molecule has 0 aliphatic carbocycles. The highest BCUT2D eigenvalue weighted by atomic mass is 79.9. The molecule has 0 amide bonds. The molecule has 142 valence electrons. The van der Waals surface area contributed by atoms with Crippen LogP contribution in [0.4, 0.5) is 0 Å². The molecule has 0 radical (unpaired) electrons. The second-order valence-electron chi connectivity index (χ2n) is 6.45. The van der Waals surface area contributed by atoms with Crippen LogP contribution in [0.3, 0.4) is 0 Å². The van der Waals surface area contributed by atoms with Gasteiger partial charge in [-0.2, -0.15) is 13.1 Å². The Morgan fingerprint density at radius 2 is 1.71 bits per heavy atom. The molecule has 28 heavy (non-hydrogen) atoms. The van der Waals surface area contributed by atoms with Gasteiger partial charge in [0.05, 0.1) is 6.04 Å². The van der Waals surface area contributed by atoms with E-state index < -0.39 is 16.3 Å². The van der Waals surface area contributed by atoms with E-state index in [0.717, 1.165) is 15.6 Å². The molecule has 4 rings (SSSR count). The van der Waals surface area contributed by atoms with Gasteiger partial charge in [-0.15, -0.1) is 0 Å². The lowest BCUT2D eigenvalue weighted by Crippen LogP contribution is -2.37. The second-order valence-corrected chi connectivity index (χ2v) is 8.67. The fourth-order valence-electron chi connectivity index (χ4n) is 3.28. The number of ketones is 1. The van der Waals surface area contributed by atoms with Gasteiger partial charge in [0, 0.05) is 21.2 Å².